The molecule has 0 radical (unpaired) electrons. The van der Waals surface area contributed by atoms with Crippen molar-refractivity contribution in [3.63, 3.8) is 0 Å². The highest BCUT2D eigenvalue weighted by atomic mass is 16.5. The average molecular weight is 273 g/mol. The van der Waals surface area contributed by atoms with Gasteiger partial charge >= 0.3 is 0 Å². The van der Waals surface area contributed by atoms with Gasteiger partial charge in [0, 0.05) is 30.2 Å². The lowest BCUT2D eigenvalue weighted by atomic mass is 9.92. The Bertz CT molecular complexity index is 639. The van der Waals surface area contributed by atoms with E-state index in [-0.39, 0.29) is 11.0 Å². The van der Waals surface area contributed by atoms with Gasteiger partial charge in [-0.05, 0) is 5.56 Å². The number of nitrogens with zero attached hydrogens (tertiary/aromatic N) is 2. The fourth-order valence-corrected chi connectivity index (χ4v) is 1.81. The zero-order chi connectivity index (χ0) is 14.8. The lowest BCUT2D eigenvalue weighted by Crippen LogP contribution is -2.21. The van der Waals surface area contributed by atoms with E-state index in [1.54, 1.807) is 25.4 Å². The summed E-state index contributed by atoms with van der Waals surface area (Å²) in [6.07, 6.45) is 2.26. The topological polar surface area (TPSA) is 67.9 Å². The number of rotatable bonds is 3. The number of H-pyrrole nitrogens is 1. The molecule has 0 aliphatic heterocycles. The monoisotopic (exact) mass is 273 g/mol. The summed E-state index contributed by atoms with van der Waals surface area (Å²) in [4.78, 5) is 23.2. The number of pyridine rings is 1. The van der Waals surface area contributed by atoms with Gasteiger partial charge in [-0.15, -0.1) is 0 Å². The molecule has 2 aromatic heterocycles. The van der Waals surface area contributed by atoms with Crippen molar-refractivity contribution in [2.45, 2.75) is 32.6 Å². The summed E-state index contributed by atoms with van der Waals surface area (Å²) in [7, 11) is 1.58. The van der Waals surface area contributed by atoms with Gasteiger partial charge in [-0.2, -0.15) is 0 Å². The lowest BCUT2D eigenvalue weighted by Gasteiger charge is -2.17. The Hall–Kier alpha value is -2.17. The van der Waals surface area contributed by atoms with Crippen molar-refractivity contribution in [1.82, 2.24) is 15.0 Å². The van der Waals surface area contributed by atoms with Crippen molar-refractivity contribution < 1.29 is 4.74 Å². The van der Waals surface area contributed by atoms with E-state index in [4.69, 9.17) is 4.74 Å². The van der Waals surface area contributed by atoms with Gasteiger partial charge in [0.05, 0.1) is 12.8 Å². The molecule has 2 heterocycles. The van der Waals surface area contributed by atoms with Crippen LogP contribution in [-0.2, 0) is 11.8 Å². The van der Waals surface area contributed by atoms with Crippen LogP contribution < -0.4 is 10.3 Å². The SMILES string of the molecule is COc1ccc(Cc2nc(C(C)(C)C)cc(=O)[nH]2)cn1. The molecule has 106 valence electrons. The third kappa shape index (κ3) is 3.44. The van der Waals surface area contributed by atoms with Crippen molar-refractivity contribution in [2.75, 3.05) is 7.11 Å². The van der Waals surface area contributed by atoms with Crippen molar-refractivity contribution in [3.05, 3.63) is 51.8 Å². The van der Waals surface area contributed by atoms with Crippen molar-refractivity contribution in [1.29, 1.82) is 0 Å². The van der Waals surface area contributed by atoms with Gasteiger partial charge in [0.2, 0.25) is 5.88 Å². The first-order chi connectivity index (χ1) is 9.38. The van der Waals surface area contributed by atoms with Gasteiger partial charge in [-0.1, -0.05) is 26.8 Å². The number of hydrogen-bond acceptors (Lipinski definition) is 4. The highest BCUT2D eigenvalue weighted by Gasteiger charge is 2.17. The minimum Gasteiger partial charge on any atom is -0.481 e. The lowest BCUT2D eigenvalue weighted by molar-refractivity contribution is 0.397. The van der Waals surface area contributed by atoms with Crippen LogP contribution in [0.3, 0.4) is 0 Å². The molecule has 5 heteroatoms. The zero-order valence-corrected chi connectivity index (χ0v) is 12.2. The van der Waals surface area contributed by atoms with Gasteiger partial charge in [-0.3, -0.25) is 4.79 Å². The maximum Gasteiger partial charge on any atom is 0.251 e. The maximum absolute atomic E-state index is 11.7. The van der Waals surface area contributed by atoms with E-state index in [9.17, 15) is 4.79 Å². The summed E-state index contributed by atoms with van der Waals surface area (Å²) < 4.78 is 5.02. The van der Waals surface area contributed by atoms with Crippen LogP contribution in [0, 0.1) is 0 Å². The second-order valence-corrected chi connectivity index (χ2v) is 5.71. The summed E-state index contributed by atoms with van der Waals surface area (Å²) in [5.41, 5.74) is 1.49. The number of aromatic amines is 1. The van der Waals surface area contributed by atoms with Crippen molar-refractivity contribution in [3.8, 4) is 5.88 Å². The molecule has 0 bridgehead atoms. The molecule has 20 heavy (non-hydrogen) atoms. The first-order valence-electron chi connectivity index (χ1n) is 6.48. The second-order valence-electron chi connectivity index (χ2n) is 5.71. The third-order valence-electron chi connectivity index (χ3n) is 2.94. The first-order valence-corrected chi connectivity index (χ1v) is 6.48. The summed E-state index contributed by atoms with van der Waals surface area (Å²) in [6, 6.07) is 5.26. The summed E-state index contributed by atoms with van der Waals surface area (Å²) >= 11 is 0. The number of aromatic nitrogens is 3. The number of methoxy groups -OCH3 is 1. The van der Waals surface area contributed by atoms with Gasteiger partial charge in [0.1, 0.15) is 5.82 Å². The largest absolute Gasteiger partial charge is 0.481 e. The van der Waals surface area contributed by atoms with Crippen LogP contribution in [0.5, 0.6) is 5.88 Å². The minimum atomic E-state index is -0.152. The smallest absolute Gasteiger partial charge is 0.251 e. The van der Waals surface area contributed by atoms with E-state index < -0.39 is 0 Å². The molecule has 0 spiro atoms. The van der Waals surface area contributed by atoms with Crippen LogP contribution in [0.15, 0.2) is 29.2 Å². The van der Waals surface area contributed by atoms with Crippen LogP contribution in [0.25, 0.3) is 0 Å². The number of ether oxygens (including phenoxy) is 1. The normalized spacial score (nSPS) is 11.4. The summed E-state index contributed by atoms with van der Waals surface area (Å²) in [6.45, 7) is 6.11. The molecule has 0 amide bonds. The van der Waals surface area contributed by atoms with E-state index in [2.05, 4.69) is 15.0 Å². The van der Waals surface area contributed by atoms with Crippen molar-refractivity contribution >= 4 is 0 Å². The molecular formula is C15H19N3O2. The Labute approximate surface area is 118 Å². The van der Waals surface area contributed by atoms with Gasteiger partial charge < -0.3 is 9.72 Å². The molecule has 0 fully saturated rings. The van der Waals surface area contributed by atoms with E-state index in [0.29, 0.717) is 18.1 Å². The molecule has 0 aliphatic carbocycles. The Morgan fingerprint density at radius 3 is 2.60 bits per heavy atom. The van der Waals surface area contributed by atoms with Gasteiger partial charge in [0.15, 0.2) is 0 Å². The molecule has 0 saturated heterocycles. The predicted molar refractivity (Wildman–Crippen MR) is 77.2 cm³/mol. The highest BCUT2D eigenvalue weighted by molar-refractivity contribution is 5.22. The molecule has 5 nitrogen and oxygen atoms in total. The number of nitrogens with one attached hydrogen (secondary N) is 1. The molecule has 0 unspecified atom stereocenters. The number of hydrogen-bond donors (Lipinski definition) is 1. The molecular weight excluding hydrogens is 254 g/mol. The Balaban J connectivity index is 2.28. The first kappa shape index (κ1) is 14.2. The fourth-order valence-electron chi connectivity index (χ4n) is 1.81. The second kappa shape index (κ2) is 5.45. The Morgan fingerprint density at radius 1 is 1.30 bits per heavy atom. The zero-order valence-electron chi connectivity index (χ0n) is 12.2. The van der Waals surface area contributed by atoms with Crippen LogP contribution in [0.1, 0.15) is 37.9 Å². The Kier molecular flexibility index (Phi) is 3.88. The molecule has 0 aromatic carbocycles. The minimum absolute atomic E-state index is 0.124. The highest BCUT2D eigenvalue weighted by Crippen LogP contribution is 2.18. The van der Waals surface area contributed by atoms with Crippen molar-refractivity contribution in [2.24, 2.45) is 0 Å². The summed E-state index contributed by atoms with van der Waals surface area (Å²) in [5.74, 6) is 1.22. The summed E-state index contributed by atoms with van der Waals surface area (Å²) in [5, 5.41) is 0. The predicted octanol–water partition coefficient (Wildman–Crippen LogP) is 2.06. The fraction of sp³-hybridized carbons (Fsp3) is 0.400. The van der Waals surface area contributed by atoms with E-state index >= 15 is 0 Å². The molecule has 0 aliphatic rings. The molecule has 2 aromatic rings. The quantitative estimate of drug-likeness (QED) is 0.929. The Morgan fingerprint density at radius 2 is 2.05 bits per heavy atom. The van der Waals surface area contributed by atoms with E-state index in [0.717, 1.165) is 11.3 Å². The van der Waals surface area contributed by atoms with E-state index in [1.165, 1.54) is 0 Å². The molecule has 0 atom stereocenters. The van der Waals surface area contributed by atoms with Gasteiger partial charge in [0.25, 0.3) is 5.56 Å². The van der Waals surface area contributed by atoms with Crippen LogP contribution >= 0.6 is 0 Å². The average Bonchev–Trinajstić information content (AvgIpc) is 2.38. The maximum atomic E-state index is 11.7. The van der Waals surface area contributed by atoms with Crippen LogP contribution in [-0.4, -0.2) is 22.1 Å². The standard InChI is InChI=1S/C15H19N3O2/c1-15(2,3)11-8-13(19)18-12(17-11)7-10-5-6-14(20-4)16-9-10/h5-6,8-9H,7H2,1-4H3,(H,17,18,19). The van der Waals surface area contributed by atoms with Gasteiger partial charge in [-0.25, -0.2) is 9.97 Å². The van der Waals surface area contributed by atoms with Crippen LogP contribution in [0.2, 0.25) is 0 Å². The molecule has 0 saturated carbocycles. The molecule has 2 rings (SSSR count). The third-order valence-corrected chi connectivity index (χ3v) is 2.94. The van der Waals surface area contributed by atoms with E-state index in [1.807, 2.05) is 26.8 Å². The molecule has 1 N–H and O–H groups in total. The van der Waals surface area contributed by atoms with Crippen LogP contribution in [0.4, 0.5) is 0 Å².